The zero-order chi connectivity index (χ0) is 13.8. The molecule has 0 saturated heterocycles. The fraction of sp³-hybridized carbons (Fsp3) is 0.0556. The minimum Gasteiger partial charge on any atom is -0.240 e. The number of para-hydroxylation sites is 1. The Morgan fingerprint density at radius 1 is 1.00 bits per heavy atom. The lowest BCUT2D eigenvalue weighted by Gasteiger charge is -2.02. The van der Waals surface area contributed by atoms with Crippen LogP contribution in [0.4, 0.5) is 0 Å². The van der Waals surface area contributed by atoms with Gasteiger partial charge in [0.1, 0.15) is 0 Å². The van der Waals surface area contributed by atoms with Crippen LogP contribution in [0.1, 0.15) is 5.56 Å². The van der Waals surface area contributed by atoms with Gasteiger partial charge in [-0.25, -0.2) is 4.68 Å². The largest absolute Gasteiger partial charge is 0.240 e. The molecule has 2 nitrogen and oxygen atoms in total. The Morgan fingerprint density at radius 2 is 1.85 bits per heavy atom. The molecule has 0 aliphatic carbocycles. The SMILES string of the molecule is C=CCc1cccc(-c2ccn(-c3ccccc3)n2)c1. The summed E-state index contributed by atoms with van der Waals surface area (Å²) in [7, 11) is 0. The van der Waals surface area contributed by atoms with Crippen molar-refractivity contribution in [3.05, 3.63) is 85.1 Å². The summed E-state index contributed by atoms with van der Waals surface area (Å²) >= 11 is 0. The van der Waals surface area contributed by atoms with E-state index >= 15 is 0 Å². The first-order chi connectivity index (χ1) is 9.86. The first-order valence-electron chi connectivity index (χ1n) is 6.68. The van der Waals surface area contributed by atoms with Gasteiger partial charge in [-0.2, -0.15) is 5.10 Å². The van der Waals surface area contributed by atoms with Crippen LogP contribution in [0.5, 0.6) is 0 Å². The van der Waals surface area contributed by atoms with Crippen LogP contribution in [0.3, 0.4) is 0 Å². The van der Waals surface area contributed by atoms with Crippen LogP contribution in [0.25, 0.3) is 16.9 Å². The van der Waals surface area contributed by atoms with Crippen molar-refractivity contribution in [2.45, 2.75) is 6.42 Å². The second-order valence-electron chi connectivity index (χ2n) is 4.67. The second kappa shape index (κ2) is 5.57. The lowest BCUT2D eigenvalue weighted by Crippen LogP contribution is -1.94. The third kappa shape index (κ3) is 2.54. The standard InChI is InChI=1S/C18H16N2/c1-2-7-15-8-6-9-16(14-15)18-12-13-20(19-18)17-10-4-3-5-11-17/h2-6,8-14H,1,7H2. The summed E-state index contributed by atoms with van der Waals surface area (Å²) in [6, 6.07) is 20.6. The molecule has 0 aliphatic rings. The minimum atomic E-state index is 0.882. The van der Waals surface area contributed by atoms with Crippen molar-refractivity contribution in [1.29, 1.82) is 0 Å². The normalized spacial score (nSPS) is 10.4. The smallest absolute Gasteiger partial charge is 0.0927 e. The highest BCUT2D eigenvalue weighted by Gasteiger charge is 2.04. The molecule has 0 fully saturated rings. The maximum absolute atomic E-state index is 4.64. The fourth-order valence-corrected chi connectivity index (χ4v) is 2.23. The molecule has 3 aromatic rings. The Bertz CT molecular complexity index is 711. The molecule has 0 atom stereocenters. The van der Waals surface area contributed by atoms with Crippen molar-refractivity contribution in [3.8, 4) is 16.9 Å². The van der Waals surface area contributed by atoms with Crippen LogP contribution < -0.4 is 0 Å². The van der Waals surface area contributed by atoms with Gasteiger partial charge in [0.15, 0.2) is 0 Å². The number of hydrogen-bond acceptors (Lipinski definition) is 1. The Labute approximate surface area is 119 Å². The topological polar surface area (TPSA) is 17.8 Å². The molecule has 0 amide bonds. The summed E-state index contributed by atoms with van der Waals surface area (Å²) in [4.78, 5) is 0. The highest BCUT2D eigenvalue weighted by Crippen LogP contribution is 2.20. The zero-order valence-electron chi connectivity index (χ0n) is 11.2. The molecule has 0 radical (unpaired) electrons. The van der Waals surface area contributed by atoms with Crippen molar-refractivity contribution in [2.24, 2.45) is 0 Å². The third-order valence-corrected chi connectivity index (χ3v) is 3.21. The van der Waals surface area contributed by atoms with Crippen LogP contribution in [-0.4, -0.2) is 9.78 Å². The molecule has 20 heavy (non-hydrogen) atoms. The summed E-state index contributed by atoms with van der Waals surface area (Å²) in [6.07, 6.45) is 4.79. The molecule has 0 bridgehead atoms. The quantitative estimate of drug-likeness (QED) is 0.641. The molecule has 2 aromatic carbocycles. The van der Waals surface area contributed by atoms with Crippen molar-refractivity contribution in [3.63, 3.8) is 0 Å². The molecule has 0 N–H and O–H groups in total. The van der Waals surface area contributed by atoms with E-state index in [0.29, 0.717) is 0 Å². The number of hydrogen-bond donors (Lipinski definition) is 0. The summed E-state index contributed by atoms with van der Waals surface area (Å²) in [5.41, 5.74) is 4.45. The molecule has 3 rings (SSSR count). The molecule has 1 aromatic heterocycles. The monoisotopic (exact) mass is 260 g/mol. The molecule has 1 heterocycles. The molecule has 2 heteroatoms. The van der Waals surface area contributed by atoms with Crippen LogP contribution in [0.2, 0.25) is 0 Å². The van der Waals surface area contributed by atoms with Crippen molar-refractivity contribution in [2.75, 3.05) is 0 Å². The van der Waals surface area contributed by atoms with E-state index in [1.165, 1.54) is 5.56 Å². The van der Waals surface area contributed by atoms with E-state index in [-0.39, 0.29) is 0 Å². The maximum atomic E-state index is 4.64. The van der Waals surface area contributed by atoms with Gasteiger partial charge in [0.05, 0.1) is 11.4 Å². The number of aromatic nitrogens is 2. The van der Waals surface area contributed by atoms with E-state index in [9.17, 15) is 0 Å². The summed E-state index contributed by atoms with van der Waals surface area (Å²) < 4.78 is 1.90. The van der Waals surface area contributed by atoms with Crippen molar-refractivity contribution < 1.29 is 0 Å². The molecule has 0 saturated carbocycles. The summed E-state index contributed by atoms with van der Waals surface area (Å²) in [5.74, 6) is 0. The first kappa shape index (κ1) is 12.4. The van der Waals surface area contributed by atoms with E-state index in [0.717, 1.165) is 23.4 Å². The van der Waals surface area contributed by atoms with Gasteiger partial charge < -0.3 is 0 Å². The van der Waals surface area contributed by atoms with Gasteiger partial charge in [-0.15, -0.1) is 6.58 Å². The van der Waals surface area contributed by atoms with Crippen LogP contribution in [-0.2, 0) is 6.42 Å². The Balaban J connectivity index is 1.94. The highest BCUT2D eigenvalue weighted by atomic mass is 15.3. The van der Waals surface area contributed by atoms with E-state index in [2.05, 4.69) is 35.9 Å². The number of nitrogens with zero attached hydrogens (tertiary/aromatic N) is 2. The van der Waals surface area contributed by atoms with Crippen LogP contribution in [0.15, 0.2) is 79.5 Å². The van der Waals surface area contributed by atoms with Gasteiger partial charge in [-0.1, -0.05) is 42.5 Å². The molecule has 98 valence electrons. The Hall–Kier alpha value is -2.61. The van der Waals surface area contributed by atoms with Crippen molar-refractivity contribution in [1.82, 2.24) is 9.78 Å². The van der Waals surface area contributed by atoms with Gasteiger partial charge >= 0.3 is 0 Å². The molecule has 0 spiro atoms. The number of allylic oxidation sites excluding steroid dienone is 1. The van der Waals surface area contributed by atoms with Crippen LogP contribution >= 0.6 is 0 Å². The summed E-state index contributed by atoms with van der Waals surface area (Å²) in [6.45, 7) is 3.78. The van der Waals surface area contributed by atoms with E-state index in [4.69, 9.17) is 0 Å². The number of rotatable bonds is 4. The molecular weight excluding hydrogens is 244 g/mol. The van der Waals surface area contributed by atoms with Gasteiger partial charge in [0.25, 0.3) is 0 Å². The fourth-order valence-electron chi connectivity index (χ4n) is 2.23. The molecule has 0 unspecified atom stereocenters. The van der Waals surface area contributed by atoms with E-state index in [1.54, 1.807) is 0 Å². The third-order valence-electron chi connectivity index (χ3n) is 3.21. The Kier molecular flexibility index (Phi) is 3.46. The first-order valence-corrected chi connectivity index (χ1v) is 6.68. The molecule has 0 aliphatic heterocycles. The predicted octanol–water partition coefficient (Wildman–Crippen LogP) is 4.27. The van der Waals surface area contributed by atoms with Crippen LogP contribution in [0, 0.1) is 0 Å². The van der Waals surface area contributed by atoms with E-state index in [1.807, 2.05) is 53.4 Å². The average molecular weight is 260 g/mol. The lowest BCUT2D eigenvalue weighted by molar-refractivity contribution is 0.884. The van der Waals surface area contributed by atoms with E-state index < -0.39 is 0 Å². The number of benzene rings is 2. The van der Waals surface area contributed by atoms with Gasteiger partial charge in [0.2, 0.25) is 0 Å². The highest BCUT2D eigenvalue weighted by molar-refractivity contribution is 5.60. The lowest BCUT2D eigenvalue weighted by atomic mass is 10.1. The summed E-state index contributed by atoms with van der Waals surface area (Å²) in [5, 5.41) is 4.64. The van der Waals surface area contributed by atoms with Gasteiger partial charge in [-0.05, 0) is 36.2 Å². The predicted molar refractivity (Wildman–Crippen MR) is 82.9 cm³/mol. The average Bonchev–Trinajstić information content (AvgIpc) is 2.99. The maximum Gasteiger partial charge on any atom is 0.0927 e. The second-order valence-corrected chi connectivity index (χ2v) is 4.67. The minimum absolute atomic E-state index is 0.882. The molecular formula is C18H16N2. The van der Waals surface area contributed by atoms with Crippen molar-refractivity contribution >= 4 is 0 Å². The Morgan fingerprint density at radius 3 is 2.65 bits per heavy atom. The van der Waals surface area contributed by atoms with Gasteiger partial charge in [-0.3, -0.25) is 0 Å². The zero-order valence-corrected chi connectivity index (χ0v) is 11.2. The van der Waals surface area contributed by atoms with Gasteiger partial charge in [0, 0.05) is 11.8 Å².